The Kier molecular flexibility index (Phi) is 5.77. The van der Waals surface area contributed by atoms with Crippen LogP contribution in [-0.2, 0) is 37.9 Å². The highest BCUT2D eigenvalue weighted by Gasteiger charge is 2.25. The molecule has 0 amide bonds. The number of carbonyl (C=O) groups is 1. The van der Waals surface area contributed by atoms with Gasteiger partial charge in [-0.15, -0.1) is 0 Å². The third kappa shape index (κ3) is 4.37. The third-order valence-corrected chi connectivity index (χ3v) is 6.38. The number of nitrogens with zero attached hydrogens (tertiary/aromatic N) is 1. The van der Waals surface area contributed by atoms with Crippen LogP contribution in [0, 0.1) is 0 Å². The standard InChI is InChI=1S/C17H14BrNO7S2/c18-13-2-1-3-14-17(13)15(8-19(14)9-16(20)21)28(24,25)26-12-6-4-11(5-7-12)10-27(22)23/h1-8,27H,9-10H2,(H,20,21). The molecule has 3 rings (SSSR count). The van der Waals surface area contributed by atoms with E-state index in [4.69, 9.17) is 9.29 Å². The predicted octanol–water partition coefficient (Wildman–Crippen LogP) is 2.37. The molecule has 0 aliphatic heterocycles. The second kappa shape index (κ2) is 7.94. The maximum absolute atomic E-state index is 12.8. The lowest BCUT2D eigenvalue weighted by atomic mass is 10.2. The van der Waals surface area contributed by atoms with Gasteiger partial charge in [0.2, 0.25) is 0 Å². The van der Waals surface area contributed by atoms with Crippen LogP contribution in [0.2, 0.25) is 0 Å². The Balaban J connectivity index is 2.02. The van der Waals surface area contributed by atoms with Gasteiger partial charge in [-0.1, -0.05) is 34.1 Å². The van der Waals surface area contributed by atoms with Crippen LogP contribution in [0.4, 0.5) is 0 Å². The van der Waals surface area contributed by atoms with E-state index in [-0.39, 0.29) is 16.4 Å². The molecule has 11 heteroatoms. The van der Waals surface area contributed by atoms with Crippen molar-refractivity contribution < 1.29 is 30.9 Å². The van der Waals surface area contributed by atoms with Crippen molar-refractivity contribution in [1.29, 1.82) is 0 Å². The van der Waals surface area contributed by atoms with Crippen LogP contribution in [0.25, 0.3) is 10.9 Å². The Morgan fingerprint density at radius 1 is 1.14 bits per heavy atom. The van der Waals surface area contributed by atoms with Gasteiger partial charge < -0.3 is 13.9 Å². The van der Waals surface area contributed by atoms with Crippen LogP contribution in [0.3, 0.4) is 0 Å². The molecule has 0 saturated carbocycles. The van der Waals surface area contributed by atoms with Gasteiger partial charge in [0.1, 0.15) is 27.9 Å². The van der Waals surface area contributed by atoms with Crippen LogP contribution >= 0.6 is 15.9 Å². The van der Waals surface area contributed by atoms with Crippen LogP contribution in [0.1, 0.15) is 5.56 Å². The maximum atomic E-state index is 12.8. The predicted molar refractivity (Wildman–Crippen MR) is 106 cm³/mol. The second-order valence-corrected chi connectivity index (χ2v) is 9.17. The molecule has 0 aliphatic carbocycles. The van der Waals surface area contributed by atoms with Crippen molar-refractivity contribution in [3.05, 3.63) is 58.7 Å². The Morgan fingerprint density at radius 2 is 1.82 bits per heavy atom. The normalized spacial score (nSPS) is 11.8. The van der Waals surface area contributed by atoms with Gasteiger partial charge in [-0.25, -0.2) is 8.42 Å². The number of hydrogen-bond donors (Lipinski definition) is 2. The van der Waals surface area contributed by atoms with Gasteiger partial charge in [-0.2, -0.15) is 8.42 Å². The molecule has 28 heavy (non-hydrogen) atoms. The Morgan fingerprint density at radius 3 is 2.43 bits per heavy atom. The van der Waals surface area contributed by atoms with Gasteiger partial charge >= 0.3 is 16.1 Å². The summed E-state index contributed by atoms with van der Waals surface area (Å²) >= 11 is 3.30. The molecule has 1 N–H and O–H groups in total. The van der Waals surface area contributed by atoms with E-state index in [0.717, 1.165) is 0 Å². The molecule has 1 heterocycles. The Bertz CT molecular complexity index is 1220. The fourth-order valence-electron chi connectivity index (χ4n) is 2.71. The number of carboxylic acid groups (broad SMARTS) is 1. The molecular formula is C17H14BrNO7S2. The molecule has 0 unspecified atom stereocenters. The lowest BCUT2D eigenvalue weighted by molar-refractivity contribution is -0.137. The summed E-state index contributed by atoms with van der Waals surface area (Å²) in [5.74, 6) is -1.26. The molecule has 1 aromatic heterocycles. The molecule has 0 spiro atoms. The molecule has 0 atom stereocenters. The summed E-state index contributed by atoms with van der Waals surface area (Å²) in [6, 6.07) is 10.6. The number of hydrogen-bond acceptors (Lipinski definition) is 6. The topological polar surface area (TPSA) is 120 Å². The minimum atomic E-state index is -4.28. The number of halogens is 1. The van der Waals surface area contributed by atoms with Crippen molar-refractivity contribution in [1.82, 2.24) is 4.57 Å². The smallest absolute Gasteiger partial charge is 0.341 e. The van der Waals surface area contributed by atoms with E-state index in [2.05, 4.69) is 15.9 Å². The molecular weight excluding hydrogens is 474 g/mol. The van der Waals surface area contributed by atoms with Crippen LogP contribution in [0.15, 0.2) is 58.0 Å². The molecule has 0 aliphatic rings. The van der Waals surface area contributed by atoms with E-state index >= 15 is 0 Å². The number of carboxylic acids is 1. The van der Waals surface area contributed by atoms with E-state index in [9.17, 15) is 21.6 Å². The minimum absolute atomic E-state index is 0.0102. The van der Waals surface area contributed by atoms with Gasteiger partial charge in [-0.05, 0) is 29.8 Å². The molecule has 0 fully saturated rings. The number of aromatic nitrogens is 1. The van der Waals surface area contributed by atoms with Crippen molar-refractivity contribution in [2.24, 2.45) is 0 Å². The molecule has 0 radical (unpaired) electrons. The summed E-state index contributed by atoms with van der Waals surface area (Å²) < 4.78 is 54.1. The van der Waals surface area contributed by atoms with Crippen LogP contribution in [-0.4, -0.2) is 32.5 Å². The Labute approximate surface area is 170 Å². The summed E-state index contributed by atoms with van der Waals surface area (Å²) in [5.41, 5.74) is 0.926. The zero-order valence-electron chi connectivity index (χ0n) is 14.1. The molecule has 3 aromatic rings. The molecule has 8 nitrogen and oxygen atoms in total. The van der Waals surface area contributed by atoms with Gasteiger partial charge in [0, 0.05) is 16.1 Å². The summed E-state index contributed by atoms with van der Waals surface area (Å²) in [5, 5.41) is 9.38. The first kappa shape index (κ1) is 20.4. The van der Waals surface area contributed by atoms with E-state index in [0.29, 0.717) is 20.9 Å². The average Bonchev–Trinajstić information content (AvgIpc) is 2.96. The van der Waals surface area contributed by atoms with Gasteiger partial charge in [-0.3, -0.25) is 4.79 Å². The van der Waals surface area contributed by atoms with E-state index in [1.165, 1.54) is 35.0 Å². The van der Waals surface area contributed by atoms with E-state index < -0.39 is 33.3 Å². The SMILES string of the molecule is O=C(O)Cn1cc(S(=O)(=O)Oc2ccc(C[SH](=O)=O)cc2)c2c(Br)cccc21. The minimum Gasteiger partial charge on any atom is -0.480 e. The number of benzene rings is 2. The number of fused-ring (bicyclic) bond motifs is 1. The van der Waals surface area contributed by atoms with Crippen LogP contribution in [0.5, 0.6) is 5.75 Å². The monoisotopic (exact) mass is 487 g/mol. The summed E-state index contributed by atoms with van der Waals surface area (Å²) in [6.07, 6.45) is 1.22. The number of aliphatic carboxylic acids is 1. The van der Waals surface area contributed by atoms with Crippen molar-refractivity contribution in [3.63, 3.8) is 0 Å². The lowest BCUT2D eigenvalue weighted by Crippen LogP contribution is -2.10. The van der Waals surface area contributed by atoms with Crippen molar-refractivity contribution in [2.45, 2.75) is 17.2 Å². The highest BCUT2D eigenvalue weighted by molar-refractivity contribution is 9.10. The molecule has 0 bridgehead atoms. The second-order valence-electron chi connectivity index (χ2n) is 5.82. The largest absolute Gasteiger partial charge is 0.480 e. The Hall–Kier alpha value is -2.37. The van der Waals surface area contributed by atoms with E-state index in [1.54, 1.807) is 18.2 Å². The molecule has 2 aromatic carbocycles. The highest BCUT2D eigenvalue weighted by Crippen LogP contribution is 2.33. The van der Waals surface area contributed by atoms with Gasteiger partial charge in [0.05, 0.1) is 11.3 Å². The summed E-state index contributed by atoms with van der Waals surface area (Å²) in [4.78, 5) is 10.9. The molecule has 148 valence electrons. The maximum Gasteiger partial charge on any atom is 0.341 e. The van der Waals surface area contributed by atoms with Crippen LogP contribution < -0.4 is 4.18 Å². The zero-order chi connectivity index (χ0) is 20.5. The highest BCUT2D eigenvalue weighted by atomic mass is 79.9. The van der Waals surface area contributed by atoms with Gasteiger partial charge in [0.15, 0.2) is 0 Å². The van der Waals surface area contributed by atoms with Crippen molar-refractivity contribution in [2.75, 3.05) is 0 Å². The van der Waals surface area contributed by atoms with Crippen molar-refractivity contribution >= 4 is 53.6 Å². The zero-order valence-corrected chi connectivity index (χ0v) is 17.4. The van der Waals surface area contributed by atoms with Gasteiger partial charge in [0.25, 0.3) is 0 Å². The average molecular weight is 488 g/mol. The number of rotatable bonds is 7. The first-order valence-corrected chi connectivity index (χ1v) is 11.4. The van der Waals surface area contributed by atoms with E-state index in [1.807, 2.05) is 0 Å². The molecule has 0 saturated heterocycles. The summed E-state index contributed by atoms with van der Waals surface area (Å²) in [6.45, 7) is -0.412. The summed E-state index contributed by atoms with van der Waals surface area (Å²) in [7, 11) is -6.87. The first-order chi connectivity index (χ1) is 13.2. The lowest BCUT2D eigenvalue weighted by Gasteiger charge is -2.07. The third-order valence-electron chi connectivity index (χ3n) is 3.84. The fraction of sp³-hybridized carbons (Fsp3) is 0.118. The number of thiol groups is 1. The van der Waals surface area contributed by atoms with Crippen molar-refractivity contribution in [3.8, 4) is 5.75 Å². The quantitative estimate of drug-likeness (QED) is 0.387. The fourth-order valence-corrected chi connectivity index (χ4v) is 5.09. The first-order valence-electron chi connectivity index (χ1n) is 7.82.